The van der Waals surface area contributed by atoms with Gasteiger partial charge in [-0.1, -0.05) is 6.07 Å². The van der Waals surface area contributed by atoms with Crippen molar-refractivity contribution in [2.75, 3.05) is 13.2 Å². The third kappa shape index (κ3) is 1.77. The molecule has 0 fully saturated rings. The highest BCUT2D eigenvalue weighted by atomic mass is 16.5. The zero-order valence-corrected chi connectivity index (χ0v) is 7.88. The fourth-order valence-electron chi connectivity index (χ4n) is 1.58. The second-order valence-electron chi connectivity index (χ2n) is 3.15. The van der Waals surface area contributed by atoms with E-state index in [1.807, 2.05) is 19.1 Å². The van der Waals surface area contributed by atoms with Crippen LogP contribution in [0.15, 0.2) is 18.2 Å². The molecule has 0 spiro atoms. The summed E-state index contributed by atoms with van der Waals surface area (Å²) in [6.07, 6.45) is 2.25. The highest BCUT2D eigenvalue weighted by Crippen LogP contribution is 2.28. The van der Waals surface area contributed by atoms with Crippen LogP contribution in [0.4, 0.5) is 0 Å². The first-order chi connectivity index (χ1) is 6.40. The first-order valence-electron chi connectivity index (χ1n) is 4.78. The molecule has 0 unspecified atom stereocenters. The van der Waals surface area contributed by atoms with Crippen molar-refractivity contribution in [1.82, 2.24) is 0 Å². The van der Waals surface area contributed by atoms with E-state index in [0.717, 1.165) is 30.9 Å². The van der Waals surface area contributed by atoms with E-state index in [4.69, 9.17) is 9.47 Å². The predicted molar refractivity (Wildman–Crippen MR) is 51.4 cm³/mol. The number of hydrogen-bond donors (Lipinski definition) is 0. The van der Waals surface area contributed by atoms with Crippen molar-refractivity contribution in [2.24, 2.45) is 0 Å². The molecule has 0 atom stereocenters. The third-order valence-corrected chi connectivity index (χ3v) is 2.20. The van der Waals surface area contributed by atoms with Gasteiger partial charge in [0.05, 0.1) is 13.2 Å². The van der Waals surface area contributed by atoms with Crippen LogP contribution in [0.3, 0.4) is 0 Å². The zero-order valence-electron chi connectivity index (χ0n) is 7.88. The summed E-state index contributed by atoms with van der Waals surface area (Å²) >= 11 is 0. The van der Waals surface area contributed by atoms with Crippen LogP contribution in [0.2, 0.25) is 0 Å². The van der Waals surface area contributed by atoms with Crippen molar-refractivity contribution >= 4 is 0 Å². The Morgan fingerprint density at radius 2 is 2.38 bits per heavy atom. The summed E-state index contributed by atoms with van der Waals surface area (Å²) in [5.74, 6) is 1.90. The van der Waals surface area contributed by atoms with E-state index in [-0.39, 0.29) is 0 Å². The Bertz CT molecular complexity index is 294. The van der Waals surface area contributed by atoms with Gasteiger partial charge in [0.15, 0.2) is 0 Å². The Morgan fingerprint density at radius 1 is 1.46 bits per heavy atom. The standard InChI is InChI=1S/C11H14O2/c1-2-12-10-6-5-9-4-3-7-13-11(9)8-10/h5-6,8H,2-4,7H2,1H3. The van der Waals surface area contributed by atoms with E-state index < -0.39 is 0 Å². The van der Waals surface area contributed by atoms with Crippen molar-refractivity contribution in [1.29, 1.82) is 0 Å². The number of benzene rings is 1. The molecule has 0 radical (unpaired) electrons. The number of ether oxygens (including phenoxy) is 2. The highest BCUT2D eigenvalue weighted by Gasteiger charge is 2.10. The van der Waals surface area contributed by atoms with E-state index in [9.17, 15) is 0 Å². The predicted octanol–water partition coefficient (Wildman–Crippen LogP) is 2.41. The largest absolute Gasteiger partial charge is 0.494 e. The summed E-state index contributed by atoms with van der Waals surface area (Å²) in [5, 5.41) is 0. The molecule has 0 N–H and O–H groups in total. The van der Waals surface area contributed by atoms with Gasteiger partial charge in [0.1, 0.15) is 11.5 Å². The Balaban J connectivity index is 2.24. The summed E-state index contributed by atoms with van der Waals surface area (Å²) in [5.41, 5.74) is 1.30. The number of rotatable bonds is 2. The molecular weight excluding hydrogens is 164 g/mol. The molecule has 70 valence electrons. The maximum absolute atomic E-state index is 5.53. The maximum Gasteiger partial charge on any atom is 0.126 e. The van der Waals surface area contributed by atoms with Gasteiger partial charge in [-0.2, -0.15) is 0 Å². The average molecular weight is 178 g/mol. The summed E-state index contributed by atoms with van der Waals surface area (Å²) in [6, 6.07) is 6.09. The molecule has 0 saturated carbocycles. The van der Waals surface area contributed by atoms with Crippen LogP contribution in [0.25, 0.3) is 0 Å². The van der Waals surface area contributed by atoms with Crippen molar-refractivity contribution in [3.05, 3.63) is 23.8 Å². The molecule has 1 heterocycles. The third-order valence-electron chi connectivity index (χ3n) is 2.20. The molecule has 13 heavy (non-hydrogen) atoms. The van der Waals surface area contributed by atoms with E-state index >= 15 is 0 Å². The smallest absolute Gasteiger partial charge is 0.126 e. The van der Waals surface area contributed by atoms with Crippen LogP contribution in [-0.2, 0) is 6.42 Å². The quantitative estimate of drug-likeness (QED) is 0.692. The molecule has 0 aliphatic carbocycles. The summed E-state index contributed by atoms with van der Waals surface area (Å²) < 4.78 is 10.9. The molecule has 1 aliphatic rings. The lowest BCUT2D eigenvalue weighted by atomic mass is 10.1. The van der Waals surface area contributed by atoms with Crippen LogP contribution in [0, 0.1) is 0 Å². The molecule has 0 amide bonds. The summed E-state index contributed by atoms with van der Waals surface area (Å²) in [4.78, 5) is 0. The fraction of sp³-hybridized carbons (Fsp3) is 0.455. The Hall–Kier alpha value is -1.18. The van der Waals surface area contributed by atoms with Gasteiger partial charge in [-0.3, -0.25) is 0 Å². The molecule has 1 aromatic carbocycles. The normalized spacial score (nSPS) is 14.5. The molecular formula is C11H14O2. The second-order valence-corrected chi connectivity index (χ2v) is 3.15. The van der Waals surface area contributed by atoms with Crippen molar-refractivity contribution in [3.63, 3.8) is 0 Å². The van der Waals surface area contributed by atoms with Crippen LogP contribution < -0.4 is 9.47 Å². The van der Waals surface area contributed by atoms with E-state index in [2.05, 4.69) is 6.07 Å². The van der Waals surface area contributed by atoms with Crippen LogP contribution >= 0.6 is 0 Å². The summed E-state index contributed by atoms with van der Waals surface area (Å²) in [7, 11) is 0. The van der Waals surface area contributed by atoms with Crippen molar-refractivity contribution < 1.29 is 9.47 Å². The van der Waals surface area contributed by atoms with Crippen molar-refractivity contribution in [2.45, 2.75) is 19.8 Å². The van der Waals surface area contributed by atoms with Crippen LogP contribution in [0.1, 0.15) is 18.9 Å². The van der Waals surface area contributed by atoms with Gasteiger partial charge < -0.3 is 9.47 Å². The minimum atomic E-state index is 0.707. The number of aryl methyl sites for hydroxylation is 1. The van der Waals surface area contributed by atoms with Gasteiger partial charge in [0.2, 0.25) is 0 Å². The lowest BCUT2D eigenvalue weighted by molar-refractivity contribution is 0.283. The average Bonchev–Trinajstić information content (AvgIpc) is 2.18. The molecule has 1 aromatic rings. The van der Waals surface area contributed by atoms with E-state index in [1.165, 1.54) is 5.56 Å². The second kappa shape index (κ2) is 3.69. The van der Waals surface area contributed by atoms with E-state index in [0.29, 0.717) is 6.61 Å². The molecule has 0 aromatic heterocycles. The minimum Gasteiger partial charge on any atom is -0.494 e. The minimum absolute atomic E-state index is 0.707. The van der Waals surface area contributed by atoms with Gasteiger partial charge in [0, 0.05) is 6.07 Å². The first-order valence-corrected chi connectivity index (χ1v) is 4.78. The molecule has 2 nitrogen and oxygen atoms in total. The highest BCUT2D eigenvalue weighted by molar-refractivity contribution is 5.41. The number of hydrogen-bond acceptors (Lipinski definition) is 2. The summed E-state index contributed by atoms with van der Waals surface area (Å²) in [6.45, 7) is 3.53. The molecule has 0 saturated heterocycles. The van der Waals surface area contributed by atoms with Gasteiger partial charge in [0.25, 0.3) is 0 Å². The van der Waals surface area contributed by atoms with Crippen LogP contribution in [-0.4, -0.2) is 13.2 Å². The lowest BCUT2D eigenvalue weighted by Crippen LogP contribution is -2.08. The Labute approximate surface area is 78.5 Å². The number of fused-ring (bicyclic) bond motifs is 1. The van der Waals surface area contributed by atoms with Gasteiger partial charge in [-0.15, -0.1) is 0 Å². The van der Waals surface area contributed by atoms with Gasteiger partial charge >= 0.3 is 0 Å². The van der Waals surface area contributed by atoms with Gasteiger partial charge in [-0.05, 0) is 31.4 Å². The topological polar surface area (TPSA) is 18.5 Å². The maximum atomic E-state index is 5.53. The Morgan fingerprint density at radius 3 is 3.23 bits per heavy atom. The first kappa shape index (κ1) is 8.42. The van der Waals surface area contributed by atoms with E-state index in [1.54, 1.807) is 0 Å². The van der Waals surface area contributed by atoms with Gasteiger partial charge in [-0.25, -0.2) is 0 Å². The Kier molecular flexibility index (Phi) is 2.39. The SMILES string of the molecule is CCOc1ccc2c(c1)OCCC2. The fourth-order valence-corrected chi connectivity index (χ4v) is 1.58. The van der Waals surface area contributed by atoms with Crippen molar-refractivity contribution in [3.8, 4) is 11.5 Å². The lowest BCUT2D eigenvalue weighted by Gasteiger charge is -2.17. The monoisotopic (exact) mass is 178 g/mol. The molecule has 1 aliphatic heterocycles. The molecule has 2 rings (SSSR count). The zero-order chi connectivity index (χ0) is 9.10. The van der Waals surface area contributed by atoms with Crippen LogP contribution in [0.5, 0.6) is 11.5 Å². The molecule has 0 bridgehead atoms. The molecule has 2 heteroatoms.